The summed E-state index contributed by atoms with van der Waals surface area (Å²) >= 11 is 0. The number of benzene rings is 1. The van der Waals surface area contributed by atoms with Crippen molar-refractivity contribution in [2.24, 2.45) is 5.92 Å². The lowest BCUT2D eigenvalue weighted by Crippen LogP contribution is -2.43. The maximum absolute atomic E-state index is 13.1. The number of hydrogen-bond donors (Lipinski definition) is 1. The number of H-pyrrole nitrogens is 1. The lowest BCUT2D eigenvalue weighted by atomic mass is 9.95. The normalized spacial score (nSPS) is 14.5. The molecule has 174 valence electrons. The van der Waals surface area contributed by atoms with Crippen molar-refractivity contribution >= 4 is 11.8 Å². The Bertz CT molecular complexity index is 872. The molecule has 1 aromatic carbocycles. The predicted octanol–water partition coefficient (Wildman–Crippen LogP) is 4.43. The van der Waals surface area contributed by atoms with Crippen molar-refractivity contribution in [3.8, 4) is 11.3 Å². The van der Waals surface area contributed by atoms with Crippen LogP contribution < -0.4 is 0 Å². The number of unbranched alkanes of at least 4 members (excludes halogenated alkanes) is 2. The van der Waals surface area contributed by atoms with Crippen LogP contribution in [0.4, 0.5) is 4.39 Å². The van der Waals surface area contributed by atoms with Crippen LogP contribution in [0.3, 0.4) is 0 Å². The third-order valence-corrected chi connectivity index (χ3v) is 6.25. The lowest BCUT2D eigenvalue weighted by molar-refractivity contribution is -0.139. The number of rotatable bonds is 10. The second-order valence-electron chi connectivity index (χ2n) is 8.76. The highest BCUT2D eigenvalue weighted by Gasteiger charge is 2.28. The standard InChI is InChI=1S/C25H35FN4O2/c1-3-7-24(31)30-16-13-20(14-17-30)25(32)29(2)15-6-4-5-8-22-18-23(28-27-22)19-9-11-21(26)12-10-19/h9-12,18,20H,3-8,13-17H2,1-2H3,(H,27,28). The minimum atomic E-state index is -0.250. The molecule has 1 aromatic heterocycles. The monoisotopic (exact) mass is 442 g/mol. The molecule has 1 aliphatic rings. The summed E-state index contributed by atoms with van der Waals surface area (Å²) in [6.07, 6.45) is 6.94. The maximum atomic E-state index is 13.1. The van der Waals surface area contributed by atoms with E-state index >= 15 is 0 Å². The third kappa shape index (κ3) is 6.65. The Morgan fingerprint density at radius 2 is 1.88 bits per heavy atom. The van der Waals surface area contributed by atoms with Gasteiger partial charge in [-0.05, 0) is 68.9 Å². The van der Waals surface area contributed by atoms with Crippen molar-refractivity contribution in [3.05, 3.63) is 41.8 Å². The highest BCUT2D eigenvalue weighted by atomic mass is 19.1. The molecular formula is C25H35FN4O2. The lowest BCUT2D eigenvalue weighted by Gasteiger charge is -2.33. The molecule has 1 fully saturated rings. The second-order valence-corrected chi connectivity index (χ2v) is 8.76. The molecule has 0 aliphatic carbocycles. The number of amides is 2. The summed E-state index contributed by atoms with van der Waals surface area (Å²) in [5, 5.41) is 7.38. The van der Waals surface area contributed by atoms with Crippen molar-refractivity contribution < 1.29 is 14.0 Å². The third-order valence-electron chi connectivity index (χ3n) is 6.25. The van der Waals surface area contributed by atoms with Crippen molar-refractivity contribution in [1.82, 2.24) is 20.0 Å². The molecular weight excluding hydrogens is 407 g/mol. The molecule has 0 radical (unpaired) electrons. The van der Waals surface area contributed by atoms with Gasteiger partial charge in [0, 0.05) is 50.3 Å². The Labute approximate surface area is 190 Å². The number of aromatic nitrogens is 2. The molecule has 0 atom stereocenters. The van der Waals surface area contributed by atoms with Crippen LogP contribution in [0.25, 0.3) is 11.3 Å². The molecule has 2 aromatic rings. The van der Waals surface area contributed by atoms with E-state index in [4.69, 9.17) is 0 Å². The van der Waals surface area contributed by atoms with E-state index in [9.17, 15) is 14.0 Å². The molecule has 1 saturated heterocycles. The number of nitrogens with zero attached hydrogens (tertiary/aromatic N) is 3. The van der Waals surface area contributed by atoms with Crippen LogP contribution in [0.2, 0.25) is 0 Å². The second kappa shape index (κ2) is 11.8. The molecule has 6 nitrogen and oxygen atoms in total. The molecule has 0 saturated carbocycles. The molecule has 7 heteroatoms. The van der Waals surface area contributed by atoms with Gasteiger partial charge < -0.3 is 9.80 Å². The number of nitrogens with one attached hydrogen (secondary N) is 1. The fourth-order valence-corrected chi connectivity index (χ4v) is 4.27. The first-order valence-electron chi connectivity index (χ1n) is 11.8. The molecule has 0 spiro atoms. The first-order chi connectivity index (χ1) is 15.5. The number of halogens is 1. The van der Waals surface area contributed by atoms with Gasteiger partial charge in [-0.3, -0.25) is 14.7 Å². The first-order valence-corrected chi connectivity index (χ1v) is 11.8. The van der Waals surface area contributed by atoms with Crippen LogP contribution in [0, 0.1) is 11.7 Å². The SMILES string of the molecule is CCCC(=O)N1CCC(C(=O)N(C)CCCCCc2cc(-c3ccc(F)cc3)n[nH]2)CC1. The van der Waals surface area contributed by atoms with Gasteiger partial charge in [0.15, 0.2) is 0 Å². The van der Waals surface area contributed by atoms with Crippen LogP contribution in [0.5, 0.6) is 0 Å². The summed E-state index contributed by atoms with van der Waals surface area (Å²) < 4.78 is 13.1. The van der Waals surface area contributed by atoms with E-state index in [-0.39, 0.29) is 23.5 Å². The van der Waals surface area contributed by atoms with Gasteiger partial charge in [0.1, 0.15) is 5.82 Å². The zero-order valence-corrected chi connectivity index (χ0v) is 19.3. The van der Waals surface area contributed by atoms with Crippen LogP contribution in [-0.4, -0.2) is 58.5 Å². The molecule has 1 aliphatic heterocycles. The van der Waals surface area contributed by atoms with Gasteiger partial charge in [-0.25, -0.2) is 4.39 Å². The number of aromatic amines is 1. The Hall–Kier alpha value is -2.70. The summed E-state index contributed by atoms with van der Waals surface area (Å²) in [6.45, 7) is 4.18. The average molecular weight is 443 g/mol. The molecule has 2 heterocycles. The Morgan fingerprint density at radius 3 is 2.56 bits per heavy atom. The summed E-state index contributed by atoms with van der Waals surface area (Å²) in [4.78, 5) is 28.5. The fourth-order valence-electron chi connectivity index (χ4n) is 4.27. The van der Waals surface area contributed by atoms with E-state index in [1.54, 1.807) is 12.1 Å². The fraction of sp³-hybridized carbons (Fsp3) is 0.560. The minimum Gasteiger partial charge on any atom is -0.346 e. The molecule has 1 N–H and O–H groups in total. The molecule has 2 amide bonds. The number of hydrogen-bond acceptors (Lipinski definition) is 3. The van der Waals surface area contributed by atoms with Crippen molar-refractivity contribution in [3.63, 3.8) is 0 Å². The quantitative estimate of drug-likeness (QED) is 0.554. The highest BCUT2D eigenvalue weighted by Crippen LogP contribution is 2.21. The van der Waals surface area contributed by atoms with Gasteiger partial charge in [0.05, 0.1) is 5.69 Å². The first kappa shape index (κ1) is 24.0. The van der Waals surface area contributed by atoms with Gasteiger partial charge in [0.2, 0.25) is 11.8 Å². The summed E-state index contributed by atoms with van der Waals surface area (Å²) in [5.41, 5.74) is 2.79. The van der Waals surface area contributed by atoms with E-state index in [0.29, 0.717) is 19.5 Å². The summed E-state index contributed by atoms with van der Waals surface area (Å²) in [6, 6.07) is 8.36. The Morgan fingerprint density at radius 1 is 1.16 bits per heavy atom. The maximum Gasteiger partial charge on any atom is 0.225 e. The Balaban J connectivity index is 1.32. The number of carbonyl (C=O) groups excluding carboxylic acids is 2. The van der Waals surface area contributed by atoms with E-state index in [1.165, 1.54) is 12.1 Å². The smallest absolute Gasteiger partial charge is 0.225 e. The van der Waals surface area contributed by atoms with Crippen molar-refractivity contribution in [1.29, 1.82) is 0 Å². The van der Waals surface area contributed by atoms with E-state index in [2.05, 4.69) is 10.2 Å². The van der Waals surface area contributed by atoms with Gasteiger partial charge >= 0.3 is 0 Å². The van der Waals surface area contributed by atoms with Crippen molar-refractivity contribution in [2.75, 3.05) is 26.7 Å². The predicted molar refractivity (Wildman–Crippen MR) is 123 cm³/mol. The summed E-state index contributed by atoms with van der Waals surface area (Å²) in [7, 11) is 1.89. The van der Waals surface area contributed by atoms with Gasteiger partial charge in [0.25, 0.3) is 0 Å². The van der Waals surface area contributed by atoms with Crippen LogP contribution in [0.1, 0.15) is 57.6 Å². The summed E-state index contributed by atoms with van der Waals surface area (Å²) in [5.74, 6) is 0.222. The molecule has 32 heavy (non-hydrogen) atoms. The number of likely N-dealkylation sites (tertiary alicyclic amines) is 1. The minimum absolute atomic E-state index is 0.0422. The van der Waals surface area contributed by atoms with Gasteiger partial charge in [-0.15, -0.1) is 0 Å². The number of aryl methyl sites for hydroxylation is 1. The van der Waals surface area contributed by atoms with Gasteiger partial charge in [-0.2, -0.15) is 5.10 Å². The molecule has 0 unspecified atom stereocenters. The average Bonchev–Trinajstić information content (AvgIpc) is 3.28. The van der Waals surface area contributed by atoms with Crippen LogP contribution in [0.15, 0.2) is 30.3 Å². The molecule has 0 bridgehead atoms. The topological polar surface area (TPSA) is 69.3 Å². The van der Waals surface area contributed by atoms with Gasteiger partial charge in [-0.1, -0.05) is 13.3 Å². The zero-order chi connectivity index (χ0) is 22.9. The van der Waals surface area contributed by atoms with Crippen molar-refractivity contribution in [2.45, 2.75) is 58.3 Å². The zero-order valence-electron chi connectivity index (χ0n) is 19.3. The van der Waals surface area contributed by atoms with Crippen LogP contribution >= 0.6 is 0 Å². The number of carbonyl (C=O) groups is 2. The van der Waals surface area contributed by atoms with Crippen LogP contribution in [-0.2, 0) is 16.0 Å². The largest absolute Gasteiger partial charge is 0.346 e. The van der Waals surface area contributed by atoms with E-state index in [0.717, 1.165) is 68.4 Å². The number of piperidine rings is 1. The van der Waals surface area contributed by atoms with E-state index in [1.807, 2.05) is 29.8 Å². The van der Waals surface area contributed by atoms with E-state index < -0.39 is 0 Å². The molecule has 3 rings (SSSR count). The highest BCUT2D eigenvalue weighted by molar-refractivity contribution is 5.80. The Kier molecular flexibility index (Phi) is 8.82.